The number of piperidine rings is 1. The molecule has 0 radical (unpaired) electrons. The van der Waals surface area contributed by atoms with Gasteiger partial charge in [-0.15, -0.1) is 0 Å². The molecule has 0 aromatic rings. The smallest absolute Gasteiger partial charge is 0.329 e. The van der Waals surface area contributed by atoms with Gasteiger partial charge < -0.3 is 14.7 Å². The maximum atomic E-state index is 11.5. The summed E-state index contributed by atoms with van der Waals surface area (Å²) in [5, 5.41) is 8.33. The van der Waals surface area contributed by atoms with Crippen LogP contribution in [-0.4, -0.2) is 48.2 Å². The first-order valence-electron chi connectivity index (χ1n) is 5.17. The predicted molar refractivity (Wildman–Crippen MR) is 53.4 cm³/mol. The number of aliphatic carboxylic acids is 1. The maximum Gasteiger partial charge on any atom is 0.329 e. The third-order valence-corrected chi connectivity index (χ3v) is 2.46. The highest BCUT2D eigenvalue weighted by atomic mass is 16.5. The Morgan fingerprint density at radius 1 is 1.47 bits per heavy atom. The Balaban J connectivity index is 2.24. The van der Waals surface area contributed by atoms with Crippen LogP contribution in [0.1, 0.15) is 19.8 Å². The fourth-order valence-electron chi connectivity index (χ4n) is 1.73. The maximum absolute atomic E-state index is 11.5. The minimum atomic E-state index is -1.05. The number of carboxylic acid groups (broad SMARTS) is 1. The quantitative estimate of drug-likeness (QED) is 0.734. The Morgan fingerprint density at radius 3 is 2.80 bits per heavy atom. The van der Waals surface area contributed by atoms with Gasteiger partial charge in [0.25, 0.3) is 0 Å². The van der Waals surface area contributed by atoms with Gasteiger partial charge in [-0.05, 0) is 18.8 Å². The van der Waals surface area contributed by atoms with E-state index in [1.54, 1.807) is 4.90 Å². The van der Waals surface area contributed by atoms with Gasteiger partial charge in [0.05, 0.1) is 0 Å². The number of ether oxygens (including phenoxy) is 1. The summed E-state index contributed by atoms with van der Waals surface area (Å²) in [7, 11) is 0. The Hall–Kier alpha value is -1.10. The molecule has 0 bridgehead atoms. The number of hydrogen-bond donors (Lipinski definition) is 1. The monoisotopic (exact) mass is 215 g/mol. The van der Waals surface area contributed by atoms with E-state index < -0.39 is 12.6 Å². The van der Waals surface area contributed by atoms with Crippen molar-refractivity contribution in [3.63, 3.8) is 0 Å². The number of hydrogen-bond acceptors (Lipinski definition) is 3. The fraction of sp³-hybridized carbons (Fsp3) is 0.800. The van der Waals surface area contributed by atoms with Crippen LogP contribution in [-0.2, 0) is 14.3 Å². The standard InChI is InChI=1S/C10H17NO4/c1-8-3-2-4-11(5-8)9(12)6-15-7-10(13)14/h8H,2-7H2,1H3,(H,13,14). The molecule has 0 aromatic heterocycles. The highest BCUT2D eigenvalue weighted by molar-refractivity contribution is 5.78. The number of carboxylic acids is 1. The van der Waals surface area contributed by atoms with Gasteiger partial charge in [-0.3, -0.25) is 4.79 Å². The molecule has 1 aliphatic rings. The van der Waals surface area contributed by atoms with Crippen molar-refractivity contribution in [1.29, 1.82) is 0 Å². The first-order chi connectivity index (χ1) is 7.09. The highest BCUT2D eigenvalue weighted by Crippen LogP contribution is 2.15. The van der Waals surface area contributed by atoms with E-state index in [4.69, 9.17) is 9.84 Å². The van der Waals surface area contributed by atoms with Gasteiger partial charge in [0.1, 0.15) is 13.2 Å². The van der Waals surface area contributed by atoms with E-state index in [0.717, 1.165) is 25.9 Å². The predicted octanol–water partition coefficient (Wildman–Crippen LogP) is 0.346. The molecule has 1 fully saturated rings. The topological polar surface area (TPSA) is 66.8 Å². The summed E-state index contributed by atoms with van der Waals surface area (Å²) in [5.41, 5.74) is 0. The van der Waals surface area contributed by atoms with Crippen molar-refractivity contribution in [3.8, 4) is 0 Å². The molecule has 1 atom stereocenters. The van der Waals surface area contributed by atoms with E-state index in [1.807, 2.05) is 0 Å². The van der Waals surface area contributed by atoms with E-state index in [2.05, 4.69) is 6.92 Å². The van der Waals surface area contributed by atoms with Crippen LogP contribution in [0.4, 0.5) is 0 Å². The molecule has 1 rings (SSSR count). The Bertz CT molecular complexity index is 242. The molecule has 1 heterocycles. The summed E-state index contributed by atoms with van der Waals surface area (Å²) in [6.45, 7) is 3.10. The normalized spacial score (nSPS) is 21.4. The van der Waals surface area contributed by atoms with Gasteiger partial charge in [-0.2, -0.15) is 0 Å². The summed E-state index contributed by atoms with van der Waals surface area (Å²) in [4.78, 5) is 23.4. The number of nitrogens with zero attached hydrogens (tertiary/aromatic N) is 1. The largest absolute Gasteiger partial charge is 0.480 e. The van der Waals surface area contributed by atoms with Crippen LogP contribution in [0.5, 0.6) is 0 Å². The Kier molecular flexibility index (Phi) is 4.55. The zero-order chi connectivity index (χ0) is 11.3. The molecule has 0 spiro atoms. The van der Waals surface area contributed by atoms with Crippen LogP contribution in [0.3, 0.4) is 0 Å². The molecule has 1 aliphatic heterocycles. The van der Waals surface area contributed by atoms with E-state index in [0.29, 0.717) is 5.92 Å². The molecule has 1 N–H and O–H groups in total. The van der Waals surface area contributed by atoms with Crippen molar-refractivity contribution >= 4 is 11.9 Å². The summed E-state index contributed by atoms with van der Waals surface area (Å²) in [6, 6.07) is 0. The van der Waals surface area contributed by atoms with Crippen LogP contribution >= 0.6 is 0 Å². The summed E-state index contributed by atoms with van der Waals surface area (Å²) >= 11 is 0. The van der Waals surface area contributed by atoms with Crippen LogP contribution in [0.2, 0.25) is 0 Å². The number of likely N-dealkylation sites (tertiary alicyclic amines) is 1. The summed E-state index contributed by atoms with van der Waals surface area (Å²) in [6.07, 6.45) is 2.17. The van der Waals surface area contributed by atoms with Crippen LogP contribution in [0, 0.1) is 5.92 Å². The van der Waals surface area contributed by atoms with Gasteiger partial charge in [-0.25, -0.2) is 4.79 Å². The summed E-state index contributed by atoms with van der Waals surface area (Å²) < 4.78 is 4.75. The second-order valence-corrected chi connectivity index (χ2v) is 3.97. The molecule has 0 aliphatic carbocycles. The second-order valence-electron chi connectivity index (χ2n) is 3.97. The minimum Gasteiger partial charge on any atom is -0.480 e. The summed E-state index contributed by atoms with van der Waals surface area (Å²) in [5.74, 6) is -0.625. The molecule has 1 unspecified atom stereocenters. The lowest BCUT2D eigenvalue weighted by atomic mass is 10.0. The SMILES string of the molecule is CC1CCCN(C(=O)COCC(=O)O)C1. The highest BCUT2D eigenvalue weighted by Gasteiger charge is 2.20. The van der Waals surface area contributed by atoms with E-state index >= 15 is 0 Å². The number of rotatable bonds is 4. The van der Waals surface area contributed by atoms with Gasteiger partial charge >= 0.3 is 5.97 Å². The lowest BCUT2D eigenvalue weighted by Crippen LogP contribution is -2.41. The van der Waals surface area contributed by atoms with Gasteiger partial charge in [0.2, 0.25) is 5.91 Å². The average Bonchev–Trinajstić information content (AvgIpc) is 2.17. The lowest BCUT2D eigenvalue weighted by molar-refractivity contribution is -0.146. The average molecular weight is 215 g/mol. The zero-order valence-electron chi connectivity index (χ0n) is 8.94. The molecule has 5 heteroatoms. The van der Waals surface area contributed by atoms with Crippen molar-refractivity contribution in [3.05, 3.63) is 0 Å². The third-order valence-electron chi connectivity index (χ3n) is 2.46. The number of carbonyl (C=O) groups excluding carboxylic acids is 1. The van der Waals surface area contributed by atoms with Crippen molar-refractivity contribution < 1.29 is 19.4 Å². The Labute approximate surface area is 89.0 Å². The first kappa shape index (κ1) is 12.0. The third kappa shape index (κ3) is 4.29. The van der Waals surface area contributed by atoms with Crippen molar-refractivity contribution in [2.75, 3.05) is 26.3 Å². The van der Waals surface area contributed by atoms with Gasteiger partial charge in [0.15, 0.2) is 0 Å². The van der Waals surface area contributed by atoms with E-state index in [9.17, 15) is 9.59 Å². The first-order valence-corrected chi connectivity index (χ1v) is 5.17. The molecule has 5 nitrogen and oxygen atoms in total. The van der Waals surface area contributed by atoms with E-state index in [-0.39, 0.29) is 12.5 Å². The minimum absolute atomic E-state index is 0.109. The molecule has 0 saturated carbocycles. The van der Waals surface area contributed by atoms with Crippen LogP contribution < -0.4 is 0 Å². The molecular weight excluding hydrogens is 198 g/mol. The second kappa shape index (κ2) is 5.70. The molecule has 15 heavy (non-hydrogen) atoms. The molecule has 1 saturated heterocycles. The van der Waals surface area contributed by atoms with Gasteiger partial charge in [0, 0.05) is 13.1 Å². The number of carbonyl (C=O) groups is 2. The lowest BCUT2D eigenvalue weighted by Gasteiger charge is -2.30. The fourth-order valence-corrected chi connectivity index (χ4v) is 1.73. The molecule has 0 aromatic carbocycles. The Morgan fingerprint density at radius 2 is 2.20 bits per heavy atom. The molecule has 1 amide bonds. The van der Waals surface area contributed by atoms with Crippen molar-refractivity contribution in [2.45, 2.75) is 19.8 Å². The van der Waals surface area contributed by atoms with Crippen molar-refractivity contribution in [1.82, 2.24) is 4.90 Å². The molecular formula is C10H17NO4. The van der Waals surface area contributed by atoms with Crippen molar-refractivity contribution in [2.24, 2.45) is 5.92 Å². The zero-order valence-corrected chi connectivity index (χ0v) is 8.94. The van der Waals surface area contributed by atoms with E-state index in [1.165, 1.54) is 0 Å². The molecule has 86 valence electrons. The van der Waals surface area contributed by atoms with Crippen LogP contribution in [0.25, 0.3) is 0 Å². The van der Waals surface area contributed by atoms with Crippen LogP contribution in [0.15, 0.2) is 0 Å². The van der Waals surface area contributed by atoms with Gasteiger partial charge in [-0.1, -0.05) is 6.92 Å². The number of amides is 1.